The molecule has 1 aromatic carbocycles. The van der Waals surface area contributed by atoms with Gasteiger partial charge in [0.15, 0.2) is 6.61 Å². The van der Waals surface area contributed by atoms with E-state index in [4.69, 9.17) is 4.74 Å². The van der Waals surface area contributed by atoms with Gasteiger partial charge >= 0.3 is 0 Å². The fourth-order valence-corrected chi connectivity index (χ4v) is 2.11. The fraction of sp³-hybridized carbons (Fsp3) is 0.375. The molecule has 0 atom stereocenters. The zero-order chi connectivity index (χ0) is 15.4. The monoisotopic (exact) mass is 287 g/mol. The van der Waals surface area contributed by atoms with Crippen molar-refractivity contribution in [3.05, 3.63) is 41.6 Å². The second-order valence-corrected chi connectivity index (χ2v) is 5.36. The number of nitrogens with zero attached hydrogens (tertiary/aromatic N) is 2. The van der Waals surface area contributed by atoms with Gasteiger partial charge < -0.3 is 10.1 Å². The van der Waals surface area contributed by atoms with Gasteiger partial charge in [-0.2, -0.15) is 5.10 Å². The summed E-state index contributed by atoms with van der Waals surface area (Å²) < 4.78 is 7.32. The molecule has 21 heavy (non-hydrogen) atoms. The molecular weight excluding hydrogens is 266 g/mol. The molecule has 5 heteroatoms. The Hall–Kier alpha value is -2.30. The average molecular weight is 287 g/mol. The summed E-state index contributed by atoms with van der Waals surface area (Å²) in [5.74, 6) is 1.21. The van der Waals surface area contributed by atoms with E-state index in [0.717, 1.165) is 11.3 Å². The quantitative estimate of drug-likeness (QED) is 0.919. The van der Waals surface area contributed by atoms with E-state index in [1.807, 2.05) is 45.9 Å². The molecule has 1 aromatic heterocycles. The van der Waals surface area contributed by atoms with Crippen LogP contribution in [-0.2, 0) is 4.79 Å². The van der Waals surface area contributed by atoms with Gasteiger partial charge in [0.2, 0.25) is 0 Å². The van der Waals surface area contributed by atoms with E-state index < -0.39 is 0 Å². The van der Waals surface area contributed by atoms with Crippen LogP contribution in [-0.4, -0.2) is 22.3 Å². The van der Waals surface area contributed by atoms with E-state index in [2.05, 4.69) is 10.4 Å². The number of nitrogens with one attached hydrogen (secondary N) is 1. The Morgan fingerprint density at radius 1 is 1.33 bits per heavy atom. The maximum atomic E-state index is 12.0. The van der Waals surface area contributed by atoms with Gasteiger partial charge in [-0.15, -0.1) is 0 Å². The molecule has 1 heterocycles. The Labute approximate surface area is 124 Å². The van der Waals surface area contributed by atoms with Crippen molar-refractivity contribution in [2.24, 2.45) is 0 Å². The lowest BCUT2D eigenvalue weighted by molar-refractivity contribution is -0.118. The van der Waals surface area contributed by atoms with E-state index in [0.29, 0.717) is 5.82 Å². The van der Waals surface area contributed by atoms with Crippen molar-refractivity contribution >= 4 is 11.7 Å². The predicted molar refractivity (Wildman–Crippen MR) is 82.7 cm³/mol. The van der Waals surface area contributed by atoms with Gasteiger partial charge in [-0.3, -0.25) is 4.79 Å². The van der Waals surface area contributed by atoms with Crippen molar-refractivity contribution in [1.82, 2.24) is 9.78 Å². The number of carbonyl (C=O) groups is 1. The summed E-state index contributed by atoms with van der Waals surface area (Å²) in [4.78, 5) is 12.0. The smallest absolute Gasteiger partial charge is 0.263 e. The van der Waals surface area contributed by atoms with Crippen LogP contribution in [0.3, 0.4) is 0 Å². The number of carbonyl (C=O) groups excluding carboxylic acids is 1. The molecule has 0 unspecified atom stereocenters. The number of hydrogen-bond acceptors (Lipinski definition) is 3. The van der Waals surface area contributed by atoms with Gasteiger partial charge in [-0.1, -0.05) is 17.7 Å². The predicted octanol–water partition coefficient (Wildman–Crippen LogP) is 3.10. The first-order chi connectivity index (χ1) is 9.97. The highest BCUT2D eigenvalue weighted by Crippen LogP contribution is 2.19. The van der Waals surface area contributed by atoms with Crippen LogP contribution in [0.4, 0.5) is 5.82 Å². The normalized spacial score (nSPS) is 10.7. The van der Waals surface area contributed by atoms with Crippen LogP contribution in [0.1, 0.15) is 31.0 Å². The van der Waals surface area contributed by atoms with E-state index in [1.54, 1.807) is 16.9 Å². The van der Waals surface area contributed by atoms with Crippen molar-refractivity contribution < 1.29 is 9.53 Å². The second-order valence-electron chi connectivity index (χ2n) is 5.36. The molecule has 0 saturated heterocycles. The van der Waals surface area contributed by atoms with Crippen LogP contribution in [0.15, 0.2) is 30.5 Å². The lowest BCUT2D eigenvalue weighted by Crippen LogP contribution is -2.22. The third-order valence-corrected chi connectivity index (χ3v) is 3.12. The van der Waals surface area contributed by atoms with Crippen molar-refractivity contribution in [3.63, 3.8) is 0 Å². The number of aryl methyl sites for hydroxylation is 2. The van der Waals surface area contributed by atoms with Gasteiger partial charge in [0, 0.05) is 12.1 Å². The standard InChI is InChI=1S/C16H21N3O2/c1-11(2)19-15(7-8-17-19)18-16(20)10-21-14-6-5-12(3)9-13(14)4/h5-9,11H,10H2,1-4H3,(H,18,20). The first kappa shape index (κ1) is 15.1. The molecule has 112 valence electrons. The van der Waals surface area contributed by atoms with Crippen molar-refractivity contribution in [1.29, 1.82) is 0 Å². The molecule has 0 bridgehead atoms. The van der Waals surface area contributed by atoms with Crippen LogP contribution in [0.5, 0.6) is 5.75 Å². The molecule has 0 aliphatic heterocycles. The minimum Gasteiger partial charge on any atom is -0.483 e. The number of ether oxygens (including phenoxy) is 1. The molecule has 2 rings (SSSR count). The lowest BCUT2D eigenvalue weighted by atomic mass is 10.1. The lowest BCUT2D eigenvalue weighted by Gasteiger charge is -2.13. The van der Waals surface area contributed by atoms with Crippen molar-refractivity contribution in [2.45, 2.75) is 33.7 Å². The number of anilines is 1. The Kier molecular flexibility index (Phi) is 4.62. The largest absolute Gasteiger partial charge is 0.483 e. The van der Waals surface area contributed by atoms with Crippen molar-refractivity contribution in [3.8, 4) is 5.75 Å². The Morgan fingerprint density at radius 3 is 2.76 bits per heavy atom. The number of hydrogen-bond donors (Lipinski definition) is 1. The zero-order valence-corrected chi connectivity index (χ0v) is 12.9. The maximum Gasteiger partial charge on any atom is 0.263 e. The average Bonchev–Trinajstić information content (AvgIpc) is 2.86. The summed E-state index contributed by atoms with van der Waals surface area (Å²) in [6.07, 6.45) is 1.67. The van der Waals surface area contributed by atoms with E-state index in [9.17, 15) is 4.79 Å². The first-order valence-corrected chi connectivity index (χ1v) is 7.01. The Bertz CT molecular complexity index is 632. The molecular formula is C16H21N3O2. The number of aromatic nitrogens is 2. The van der Waals surface area contributed by atoms with Gasteiger partial charge in [0.25, 0.3) is 5.91 Å². The molecule has 2 aromatic rings. The van der Waals surface area contributed by atoms with Gasteiger partial charge in [-0.25, -0.2) is 4.68 Å². The molecule has 0 fully saturated rings. The molecule has 0 spiro atoms. The number of benzene rings is 1. The van der Waals surface area contributed by atoms with Gasteiger partial charge in [0.1, 0.15) is 11.6 Å². The van der Waals surface area contributed by atoms with Crippen LogP contribution in [0.25, 0.3) is 0 Å². The highest BCUT2D eigenvalue weighted by atomic mass is 16.5. The van der Waals surface area contributed by atoms with Gasteiger partial charge in [-0.05, 0) is 39.3 Å². The second kappa shape index (κ2) is 6.43. The number of amides is 1. The summed E-state index contributed by atoms with van der Waals surface area (Å²) in [6.45, 7) is 7.99. The summed E-state index contributed by atoms with van der Waals surface area (Å²) in [7, 11) is 0. The SMILES string of the molecule is Cc1ccc(OCC(=O)Nc2ccnn2C(C)C)c(C)c1. The summed E-state index contributed by atoms with van der Waals surface area (Å²) >= 11 is 0. The maximum absolute atomic E-state index is 12.0. The molecule has 5 nitrogen and oxygen atoms in total. The first-order valence-electron chi connectivity index (χ1n) is 7.01. The molecule has 0 aliphatic carbocycles. The third kappa shape index (κ3) is 3.84. The van der Waals surface area contributed by atoms with E-state index in [-0.39, 0.29) is 18.6 Å². The highest BCUT2D eigenvalue weighted by Gasteiger charge is 2.10. The number of rotatable bonds is 5. The summed E-state index contributed by atoms with van der Waals surface area (Å²) in [5, 5.41) is 6.98. The summed E-state index contributed by atoms with van der Waals surface area (Å²) in [6, 6.07) is 7.84. The molecule has 1 N–H and O–H groups in total. The topological polar surface area (TPSA) is 56.1 Å². The van der Waals surface area contributed by atoms with Crippen molar-refractivity contribution in [2.75, 3.05) is 11.9 Å². The van der Waals surface area contributed by atoms with Crippen LogP contribution in [0.2, 0.25) is 0 Å². The van der Waals surface area contributed by atoms with E-state index >= 15 is 0 Å². The molecule has 1 amide bonds. The molecule has 0 saturated carbocycles. The van der Waals surface area contributed by atoms with Crippen LogP contribution >= 0.6 is 0 Å². The Balaban J connectivity index is 1.94. The highest BCUT2D eigenvalue weighted by molar-refractivity contribution is 5.91. The zero-order valence-electron chi connectivity index (χ0n) is 12.9. The van der Waals surface area contributed by atoms with E-state index in [1.165, 1.54) is 5.56 Å². The molecule has 0 aliphatic rings. The summed E-state index contributed by atoms with van der Waals surface area (Å²) in [5.41, 5.74) is 2.19. The van der Waals surface area contributed by atoms with Crippen LogP contribution in [0, 0.1) is 13.8 Å². The third-order valence-electron chi connectivity index (χ3n) is 3.12. The molecule has 0 radical (unpaired) electrons. The van der Waals surface area contributed by atoms with Gasteiger partial charge in [0.05, 0.1) is 6.20 Å². The Morgan fingerprint density at radius 2 is 2.10 bits per heavy atom. The van der Waals surface area contributed by atoms with Crippen LogP contribution < -0.4 is 10.1 Å². The minimum atomic E-state index is -0.197. The fourth-order valence-electron chi connectivity index (χ4n) is 2.11. The minimum absolute atomic E-state index is 0.0207.